The summed E-state index contributed by atoms with van der Waals surface area (Å²) in [5.41, 5.74) is -0.916. The van der Waals surface area contributed by atoms with Crippen LogP contribution in [0.25, 0.3) is 0 Å². The first kappa shape index (κ1) is 15.9. The van der Waals surface area contributed by atoms with Crippen molar-refractivity contribution < 1.29 is 13.5 Å². The van der Waals surface area contributed by atoms with Gasteiger partial charge in [0.25, 0.3) is 0 Å². The summed E-state index contributed by atoms with van der Waals surface area (Å²) < 4.78 is 23.3. The molecule has 2 N–H and O–H groups in total. The zero-order chi connectivity index (χ0) is 14.7. The molecule has 2 atom stereocenters. The fourth-order valence-electron chi connectivity index (χ4n) is 1.70. The Morgan fingerprint density at radius 3 is 2.68 bits per heavy atom. The van der Waals surface area contributed by atoms with Gasteiger partial charge in [0, 0.05) is 19.0 Å². The molecule has 0 radical (unpaired) electrons. The van der Waals surface area contributed by atoms with Gasteiger partial charge < -0.3 is 10.4 Å². The minimum Gasteiger partial charge on any atom is -0.388 e. The van der Waals surface area contributed by atoms with Crippen LogP contribution in [0.1, 0.15) is 27.2 Å². The maximum Gasteiger partial charge on any atom is 0.179 e. The lowest BCUT2D eigenvalue weighted by Crippen LogP contribution is -2.40. The molecule has 0 saturated carbocycles. The van der Waals surface area contributed by atoms with Gasteiger partial charge in [0.1, 0.15) is 10.7 Å². The number of nitrogens with one attached hydrogen (secondary N) is 1. The molecule has 19 heavy (non-hydrogen) atoms. The minimum absolute atomic E-state index is 0.102. The molecule has 1 aromatic rings. The number of hydrogen-bond acceptors (Lipinski definition) is 5. The lowest BCUT2D eigenvalue weighted by atomic mass is 9.89. The van der Waals surface area contributed by atoms with E-state index >= 15 is 0 Å². The van der Waals surface area contributed by atoms with Gasteiger partial charge in [-0.05, 0) is 25.0 Å². The Kier molecular flexibility index (Phi) is 4.92. The van der Waals surface area contributed by atoms with Crippen LogP contribution in [0.5, 0.6) is 0 Å². The summed E-state index contributed by atoms with van der Waals surface area (Å²) in [4.78, 5) is 4.18. The predicted octanol–water partition coefficient (Wildman–Crippen LogP) is 1.69. The Bertz CT molecular complexity index is 526. The Balaban J connectivity index is 2.91. The van der Waals surface area contributed by atoms with E-state index in [-0.39, 0.29) is 23.2 Å². The standard InChI is InChI=1S/C13H22N2O3S/c1-5-10(2)13(3,16)9-15-12-11(19(4,17)18)7-6-8-14-12/h6-8,10,16H,5,9H2,1-4H3,(H,14,15). The molecule has 0 amide bonds. The van der Waals surface area contributed by atoms with Crippen molar-refractivity contribution in [1.29, 1.82) is 0 Å². The fourth-order valence-corrected chi connectivity index (χ4v) is 2.50. The zero-order valence-electron chi connectivity index (χ0n) is 11.8. The summed E-state index contributed by atoms with van der Waals surface area (Å²) in [6.07, 6.45) is 3.51. The molecule has 1 rings (SSSR count). The highest BCUT2D eigenvalue weighted by Crippen LogP contribution is 2.23. The van der Waals surface area contributed by atoms with Crippen molar-refractivity contribution in [3.63, 3.8) is 0 Å². The van der Waals surface area contributed by atoms with E-state index in [1.165, 1.54) is 12.3 Å². The van der Waals surface area contributed by atoms with Crippen molar-refractivity contribution in [1.82, 2.24) is 4.98 Å². The molecule has 1 heterocycles. The van der Waals surface area contributed by atoms with Gasteiger partial charge in [0.15, 0.2) is 9.84 Å². The molecule has 0 aromatic carbocycles. The van der Waals surface area contributed by atoms with Gasteiger partial charge in [0.05, 0.1) is 5.60 Å². The van der Waals surface area contributed by atoms with Crippen LogP contribution in [-0.4, -0.2) is 36.9 Å². The van der Waals surface area contributed by atoms with Crippen LogP contribution < -0.4 is 5.32 Å². The summed E-state index contributed by atoms with van der Waals surface area (Å²) >= 11 is 0. The molecule has 0 bridgehead atoms. The average Bonchev–Trinajstić information content (AvgIpc) is 2.34. The Labute approximate surface area is 115 Å². The second kappa shape index (κ2) is 5.88. The van der Waals surface area contributed by atoms with Crippen LogP contribution in [0.2, 0.25) is 0 Å². The van der Waals surface area contributed by atoms with E-state index in [9.17, 15) is 13.5 Å². The van der Waals surface area contributed by atoms with Crippen molar-refractivity contribution >= 4 is 15.7 Å². The second-order valence-corrected chi connectivity index (χ2v) is 7.13. The molecule has 0 aliphatic carbocycles. The molecular weight excluding hydrogens is 264 g/mol. The van der Waals surface area contributed by atoms with Gasteiger partial charge in [-0.15, -0.1) is 0 Å². The number of anilines is 1. The summed E-state index contributed by atoms with van der Waals surface area (Å²) in [6.45, 7) is 5.94. The average molecular weight is 286 g/mol. The number of pyridine rings is 1. The fraction of sp³-hybridized carbons (Fsp3) is 0.615. The third-order valence-electron chi connectivity index (χ3n) is 3.46. The van der Waals surface area contributed by atoms with Crippen LogP contribution in [0.3, 0.4) is 0 Å². The topological polar surface area (TPSA) is 79.3 Å². The number of hydrogen-bond donors (Lipinski definition) is 2. The van der Waals surface area contributed by atoms with E-state index in [4.69, 9.17) is 0 Å². The molecule has 0 saturated heterocycles. The molecule has 0 aliphatic heterocycles. The van der Waals surface area contributed by atoms with E-state index in [0.717, 1.165) is 12.7 Å². The van der Waals surface area contributed by atoms with Crippen molar-refractivity contribution in [2.45, 2.75) is 37.7 Å². The van der Waals surface area contributed by atoms with Crippen LogP contribution in [0, 0.1) is 5.92 Å². The van der Waals surface area contributed by atoms with Gasteiger partial charge in [-0.1, -0.05) is 20.3 Å². The molecule has 1 aromatic heterocycles. The largest absolute Gasteiger partial charge is 0.388 e. The number of aromatic nitrogens is 1. The summed E-state index contributed by atoms with van der Waals surface area (Å²) in [7, 11) is -3.33. The highest BCUT2D eigenvalue weighted by Gasteiger charge is 2.27. The molecular formula is C13H22N2O3S. The van der Waals surface area contributed by atoms with Gasteiger partial charge in [-0.25, -0.2) is 13.4 Å². The van der Waals surface area contributed by atoms with Crippen LogP contribution in [-0.2, 0) is 9.84 Å². The van der Waals surface area contributed by atoms with Crippen LogP contribution >= 0.6 is 0 Å². The van der Waals surface area contributed by atoms with E-state index < -0.39 is 15.4 Å². The molecule has 0 spiro atoms. The highest BCUT2D eigenvalue weighted by atomic mass is 32.2. The van der Waals surface area contributed by atoms with Gasteiger partial charge in [0.2, 0.25) is 0 Å². The zero-order valence-corrected chi connectivity index (χ0v) is 12.7. The molecule has 2 unspecified atom stereocenters. The minimum atomic E-state index is -3.33. The van der Waals surface area contributed by atoms with Crippen molar-refractivity contribution in [3.8, 4) is 0 Å². The van der Waals surface area contributed by atoms with Gasteiger partial charge >= 0.3 is 0 Å². The number of sulfone groups is 1. The first-order chi connectivity index (χ1) is 8.68. The maximum atomic E-state index is 11.6. The summed E-state index contributed by atoms with van der Waals surface area (Å²) in [5.74, 6) is 0.388. The monoisotopic (exact) mass is 286 g/mol. The Morgan fingerprint density at radius 1 is 1.53 bits per heavy atom. The van der Waals surface area contributed by atoms with Crippen molar-refractivity contribution in [2.75, 3.05) is 18.1 Å². The predicted molar refractivity (Wildman–Crippen MR) is 75.9 cm³/mol. The first-order valence-electron chi connectivity index (χ1n) is 6.29. The molecule has 0 aliphatic rings. The summed E-state index contributed by atoms with van der Waals surface area (Å²) in [5, 5.41) is 13.2. The van der Waals surface area contributed by atoms with Gasteiger partial charge in [-0.3, -0.25) is 0 Å². The lowest BCUT2D eigenvalue weighted by Gasteiger charge is -2.30. The summed E-state index contributed by atoms with van der Waals surface area (Å²) in [6, 6.07) is 3.08. The van der Waals surface area contributed by atoms with Crippen molar-refractivity contribution in [3.05, 3.63) is 18.3 Å². The second-order valence-electron chi connectivity index (χ2n) is 5.14. The number of aliphatic hydroxyl groups is 1. The van der Waals surface area contributed by atoms with Crippen LogP contribution in [0.4, 0.5) is 5.82 Å². The molecule has 0 fully saturated rings. The third-order valence-corrected chi connectivity index (χ3v) is 4.59. The van der Waals surface area contributed by atoms with E-state index in [2.05, 4.69) is 10.3 Å². The first-order valence-corrected chi connectivity index (χ1v) is 8.19. The normalized spacial score (nSPS) is 16.7. The van der Waals surface area contributed by atoms with Gasteiger partial charge in [-0.2, -0.15) is 0 Å². The molecule has 108 valence electrons. The van der Waals surface area contributed by atoms with Crippen LogP contribution in [0.15, 0.2) is 23.2 Å². The Morgan fingerprint density at radius 2 is 2.16 bits per heavy atom. The lowest BCUT2D eigenvalue weighted by molar-refractivity contribution is 0.0174. The van der Waals surface area contributed by atoms with E-state index in [0.29, 0.717) is 0 Å². The molecule has 5 nitrogen and oxygen atoms in total. The number of rotatable bonds is 6. The Hall–Kier alpha value is -1.14. The third kappa shape index (κ3) is 4.18. The number of nitrogens with zero attached hydrogens (tertiary/aromatic N) is 1. The SMILES string of the molecule is CCC(C)C(C)(O)CNc1ncccc1S(C)(=O)=O. The van der Waals surface area contributed by atoms with Crippen molar-refractivity contribution in [2.24, 2.45) is 5.92 Å². The van der Waals surface area contributed by atoms with E-state index in [1.807, 2.05) is 13.8 Å². The smallest absolute Gasteiger partial charge is 0.179 e. The highest BCUT2D eigenvalue weighted by molar-refractivity contribution is 7.90. The molecule has 6 heteroatoms. The van der Waals surface area contributed by atoms with E-state index in [1.54, 1.807) is 13.0 Å². The maximum absolute atomic E-state index is 11.6. The quantitative estimate of drug-likeness (QED) is 0.832.